The highest BCUT2D eigenvalue weighted by Crippen LogP contribution is 2.27. The molecule has 19 heavy (non-hydrogen) atoms. The molecule has 0 radical (unpaired) electrons. The molecule has 0 amide bonds. The summed E-state index contributed by atoms with van der Waals surface area (Å²) < 4.78 is 13.7. The second kappa shape index (κ2) is 6.06. The molecule has 0 N–H and O–H groups in total. The van der Waals surface area contributed by atoms with Gasteiger partial charge in [0.15, 0.2) is 0 Å². The molecular formula is C16H21FN2. The summed E-state index contributed by atoms with van der Waals surface area (Å²) in [4.78, 5) is 2.24. The molecule has 3 heteroatoms. The van der Waals surface area contributed by atoms with Crippen LogP contribution in [0.1, 0.15) is 38.7 Å². The van der Waals surface area contributed by atoms with Gasteiger partial charge in [0.25, 0.3) is 0 Å². The van der Waals surface area contributed by atoms with E-state index in [0.29, 0.717) is 0 Å². The Bertz CT molecular complexity index is 476. The first-order chi connectivity index (χ1) is 9.11. The molecule has 1 unspecified atom stereocenters. The number of hydrogen-bond donors (Lipinski definition) is 0. The third-order valence-electron chi connectivity index (χ3n) is 4.15. The number of nitrogens with zero attached hydrogens (tertiary/aromatic N) is 2. The van der Waals surface area contributed by atoms with Crippen molar-refractivity contribution in [3.05, 3.63) is 29.6 Å². The van der Waals surface area contributed by atoms with Gasteiger partial charge >= 0.3 is 0 Å². The Morgan fingerprint density at radius 2 is 2.11 bits per heavy atom. The number of hydrogen-bond acceptors (Lipinski definition) is 2. The average Bonchev–Trinajstić information content (AvgIpc) is 2.64. The van der Waals surface area contributed by atoms with Crippen LogP contribution in [0, 0.1) is 29.0 Å². The molecule has 0 aliphatic carbocycles. The van der Waals surface area contributed by atoms with Gasteiger partial charge in [0, 0.05) is 18.8 Å². The van der Waals surface area contributed by atoms with Crippen LogP contribution in [0.2, 0.25) is 0 Å². The van der Waals surface area contributed by atoms with E-state index in [0.717, 1.165) is 37.0 Å². The first kappa shape index (κ1) is 13.9. The highest BCUT2D eigenvalue weighted by molar-refractivity contribution is 5.50. The fourth-order valence-electron chi connectivity index (χ4n) is 2.84. The lowest BCUT2D eigenvalue weighted by molar-refractivity contribution is 0.351. The number of nitriles is 1. The van der Waals surface area contributed by atoms with Crippen molar-refractivity contribution in [3.63, 3.8) is 0 Å². The third-order valence-corrected chi connectivity index (χ3v) is 4.15. The minimum absolute atomic E-state index is 0.124. The molecule has 2 rings (SSSR count). The van der Waals surface area contributed by atoms with Gasteiger partial charge in [-0.25, -0.2) is 4.39 Å². The SMILES string of the molecule is CC(C)C1CCCN(c2ccc(C#N)c(F)c2)CC1. The molecule has 0 aromatic heterocycles. The number of anilines is 1. The molecule has 2 nitrogen and oxygen atoms in total. The molecule has 0 saturated carbocycles. The van der Waals surface area contributed by atoms with Crippen LogP contribution in [0.5, 0.6) is 0 Å². The Kier molecular flexibility index (Phi) is 4.42. The summed E-state index contributed by atoms with van der Waals surface area (Å²) in [5, 5.41) is 8.76. The van der Waals surface area contributed by atoms with Gasteiger partial charge in [0.1, 0.15) is 11.9 Å². The summed E-state index contributed by atoms with van der Waals surface area (Å²) >= 11 is 0. The fourth-order valence-corrected chi connectivity index (χ4v) is 2.84. The van der Waals surface area contributed by atoms with Crippen molar-refractivity contribution in [2.75, 3.05) is 18.0 Å². The zero-order valence-electron chi connectivity index (χ0n) is 11.7. The minimum Gasteiger partial charge on any atom is -0.371 e. The Balaban J connectivity index is 2.10. The minimum atomic E-state index is -0.412. The fraction of sp³-hybridized carbons (Fsp3) is 0.562. The maximum Gasteiger partial charge on any atom is 0.143 e. The van der Waals surface area contributed by atoms with Gasteiger partial charge in [-0.05, 0) is 49.3 Å². The lowest BCUT2D eigenvalue weighted by Crippen LogP contribution is -2.24. The van der Waals surface area contributed by atoms with E-state index in [4.69, 9.17) is 5.26 Å². The van der Waals surface area contributed by atoms with E-state index < -0.39 is 5.82 Å². The Hall–Kier alpha value is -1.56. The van der Waals surface area contributed by atoms with Crippen LogP contribution in [0.25, 0.3) is 0 Å². The Morgan fingerprint density at radius 3 is 2.74 bits per heavy atom. The van der Waals surface area contributed by atoms with Crippen molar-refractivity contribution in [2.24, 2.45) is 11.8 Å². The maximum atomic E-state index is 13.7. The van der Waals surface area contributed by atoms with E-state index >= 15 is 0 Å². The molecule has 1 fully saturated rings. The molecule has 1 aliphatic rings. The summed E-state index contributed by atoms with van der Waals surface area (Å²) in [6.07, 6.45) is 3.58. The van der Waals surface area contributed by atoms with E-state index in [1.54, 1.807) is 6.07 Å². The lowest BCUT2D eigenvalue weighted by atomic mass is 9.89. The van der Waals surface area contributed by atoms with Crippen molar-refractivity contribution in [2.45, 2.75) is 33.1 Å². The molecule has 1 aromatic rings. The second-order valence-corrected chi connectivity index (χ2v) is 5.70. The largest absolute Gasteiger partial charge is 0.371 e. The Morgan fingerprint density at radius 1 is 1.32 bits per heavy atom. The van der Waals surface area contributed by atoms with E-state index in [2.05, 4.69) is 18.7 Å². The van der Waals surface area contributed by atoms with Crippen LogP contribution in [0.3, 0.4) is 0 Å². The summed E-state index contributed by atoms with van der Waals surface area (Å²) in [6, 6.07) is 6.80. The molecule has 1 atom stereocenters. The van der Waals surface area contributed by atoms with Crippen LogP contribution in [-0.2, 0) is 0 Å². The highest BCUT2D eigenvalue weighted by atomic mass is 19.1. The van der Waals surface area contributed by atoms with Crippen molar-refractivity contribution in [1.29, 1.82) is 5.26 Å². The Labute approximate surface area is 114 Å². The number of benzene rings is 1. The number of rotatable bonds is 2. The number of halogens is 1. The molecule has 1 saturated heterocycles. The van der Waals surface area contributed by atoms with E-state index in [1.807, 2.05) is 12.1 Å². The summed E-state index contributed by atoms with van der Waals surface area (Å²) in [6.45, 7) is 6.52. The molecular weight excluding hydrogens is 239 g/mol. The van der Waals surface area contributed by atoms with Gasteiger partial charge in [-0.3, -0.25) is 0 Å². The summed E-state index contributed by atoms with van der Waals surface area (Å²) in [5.74, 6) is 1.08. The van der Waals surface area contributed by atoms with Gasteiger partial charge in [0.2, 0.25) is 0 Å². The van der Waals surface area contributed by atoms with Gasteiger partial charge < -0.3 is 4.90 Å². The van der Waals surface area contributed by atoms with E-state index in [1.165, 1.54) is 18.9 Å². The van der Waals surface area contributed by atoms with Gasteiger partial charge in [0.05, 0.1) is 5.56 Å². The van der Waals surface area contributed by atoms with Gasteiger partial charge in [-0.2, -0.15) is 5.26 Å². The zero-order valence-corrected chi connectivity index (χ0v) is 11.7. The molecule has 0 bridgehead atoms. The highest BCUT2D eigenvalue weighted by Gasteiger charge is 2.20. The second-order valence-electron chi connectivity index (χ2n) is 5.70. The van der Waals surface area contributed by atoms with Crippen molar-refractivity contribution < 1.29 is 4.39 Å². The van der Waals surface area contributed by atoms with Crippen molar-refractivity contribution >= 4 is 5.69 Å². The predicted molar refractivity (Wildman–Crippen MR) is 75.5 cm³/mol. The predicted octanol–water partition coefficient (Wildman–Crippen LogP) is 3.96. The van der Waals surface area contributed by atoms with Crippen LogP contribution < -0.4 is 4.90 Å². The van der Waals surface area contributed by atoms with Crippen molar-refractivity contribution in [3.8, 4) is 6.07 Å². The molecule has 0 spiro atoms. The molecule has 1 aromatic carbocycles. The standard InChI is InChI=1S/C16H21FN2/c1-12(2)13-4-3-8-19(9-7-13)15-6-5-14(11-18)16(17)10-15/h5-6,10,12-13H,3-4,7-9H2,1-2H3. The van der Waals surface area contributed by atoms with Gasteiger partial charge in [-0.1, -0.05) is 13.8 Å². The quantitative estimate of drug-likeness (QED) is 0.804. The van der Waals surface area contributed by atoms with E-state index in [-0.39, 0.29) is 5.56 Å². The maximum absolute atomic E-state index is 13.7. The van der Waals surface area contributed by atoms with Crippen LogP contribution in [0.4, 0.5) is 10.1 Å². The van der Waals surface area contributed by atoms with Crippen LogP contribution >= 0.6 is 0 Å². The smallest absolute Gasteiger partial charge is 0.143 e. The van der Waals surface area contributed by atoms with Crippen LogP contribution in [0.15, 0.2) is 18.2 Å². The lowest BCUT2D eigenvalue weighted by Gasteiger charge is -2.23. The van der Waals surface area contributed by atoms with E-state index in [9.17, 15) is 4.39 Å². The molecule has 102 valence electrons. The van der Waals surface area contributed by atoms with Gasteiger partial charge in [-0.15, -0.1) is 0 Å². The summed E-state index contributed by atoms with van der Waals surface area (Å²) in [7, 11) is 0. The topological polar surface area (TPSA) is 27.0 Å². The van der Waals surface area contributed by atoms with Crippen LogP contribution in [-0.4, -0.2) is 13.1 Å². The summed E-state index contributed by atoms with van der Waals surface area (Å²) in [5.41, 5.74) is 1.03. The normalized spacial score (nSPS) is 20.2. The first-order valence-electron chi connectivity index (χ1n) is 7.06. The third kappa shape index (κ3) is 3.26. The average molecular weight is 260 g/mol. The zero-order chi connectivity index (χ0) is 13.8. The molecule has 1 heterocycles. The molecule has 1 aliphatic heterocycles. The van der Waals surface area contributed by atoms with Crippen molar-refractivity contribution in [1.82, 2.24) is 0 Å². The monoisotopic (exact) mass is 260 g/mol. The first-order valence-corrected chi connectivity index (χ1v) is 7.06.